The predicted octanol–water partition coefficient (Wildman–Crippen LogP) is 5.69. The zero-order chi connectivity index (χ0) is 23.0. The number of ether oxygens (including phenoxy) is 1. The third-order valence-corrected chi connectivity index (χ3v) is 7.98. The van der Waals surface area contributed by atoms with Crippen molar-refractivity contribution in [3.05, 3.63) is 38.7 Å². The first-order chi connectivity index (χ1) is 15.3. The maximum atomic E-state index is 13.2. The van der Waals surface area contributed by atoms with Crippen molar-refractivity contribution in [2.24, 2.45) is 11.8 Å². The lowest BCUT2D eigenvalue weighted by Gasteiger charge is -2.18. The number of nitrogens with two attached hydrogens (primary N) is 1. The van der Waals surface area contributed by atoms with Gasteiger partial charge in [0.2, 0.25) is 0 Å². The van der Waals surface area contributed by atoms with E-state index in [0.29, 0.717) is 39.6 Å². The van der Waals surface area contributed by atoms with Crippen LogP contribution in [0.25, 0.3) is 10.2 Å². The van der Waals surface area contributed by atoms with Crippen LogP contribution in [0.15, 0.2) is 12.1 Å². The molecule has 3 heterocycles. The Labute approximate surface area is 196 Å². The van der Waals surface area contributed by atoms with Crippen LogP contribution in [0.3, 0.4) is 0 Å². The summed E-state index contributed by atoms with van der Waals surface area (Å²) in [6.45, 7) is 8.59. The SMILES string of the molecule is CCOC(=O)c1c(NC(=O)c2sc3nc(CC(C)C)ccc3c2N)sc2c1CCC(C)C2. The van der Waals surface area contributed by atoms with Crippen LogP contribution in [0.1, 0.15) is 70.3 Å². The van der Waals surface area contributed by atoms with Crippen LogP contribution in [0.4, 0.5) is 10.7 Å². The van der Waals surface area contributed by atoms with E-state index < -0.39 is 0 Å². The average molecular weight is 472 g/mol. The summed E-state index contributed by atoms with van der Waals surface area (Å²) in [4.78, 5) is 33.0. The molecule has 3 aromatic heterocycles. The molecule has 0 spiro atoms. The molecule has 1 atom stereocenters. The molecule has 1 aliphatic carbocycles. The number of esters is 1. The summed E-state index contributed by atoms with van der Waals surface area (Å²) in [5, 5.41) is 4.31. The van der Waals surface area contributed by atoms with Gasteiger partial charge < -0.3 is 15.8 Å². The first kappa shape index (κ1) is 22.7. The zero-order valence-electron chi connectivity index (χ0n) is 18.9. The summed E-state index contributed by atoms with van der Waals surface area (Å²) in [5.41, 5.74) is 9.27. The van der Waals surface area contributed by atoms with Crippen molar-refractivity contribution in [2.45, 2.75) is 53.4 Å². The third-order valence-electron chi connectivity index (χ3n) is 5.69. The molecular weight excluding hydrogens is 442 g/mol. The fraction of sp³-hybridized carbons (Fsp3) is 0.458. The van der Waals surface area contributed by atoms with E-state index in [9.17, 15) is 9.59 Å². The second-order valence-electron chi connectivity index (χ2n) is 8.83. The topological polar surface area (TPSA) is 94.3 Å². The van der Waals surface area contributed by atoms with E-state index in [2.05, 4.69) is 26.1 Å². The lowest BCUT2D eigenvalue weighted by Crippen LogP contribution is -2.16. The molecule has 0 aliphatic heterocycles. The molecule has 32 heavy (non-hydrogen) atoms. The van der Waals surface area contributed by atoms with Crippen molar-refractivity contribution in [3.63, 3.8) is 0 Å². The number of hydrogen-bond acceptors (Lipinski definition) is 7. The fourth-order valence-corrected chi connectivity index (χ4v) is 6.56. The highest BCUT2D eigenvalue weighted by Crippen LogP contribution is 2.41. The molecule has 170 valence electrons. The molecule has 8 heteroatoms. The number of nitrogens with zero attached hydrogens (tertiary/aromatic N) is 1. The second-order valence-corrected chi connectivity index (χ2v) is 10.9. The minimum atomic E-state index is -0.376. The Hall–Kier alpha value is -2.45. The van der Waals surface area contributed by atoms with Gasteiger partial charge in [0.15, 0.2) is 0 Å². The third kappa shape index (κ3) is 4.38. The number of amides is 1. The molecule has 3 aromatic rings. The first-order valence-corrected chi connectivity index (χ1v) is 12.7. The molecule has 0 fully saturated rings. The van der Waals surface area contributed by atoms with Crippen molar-refractivity contribution in [2.75, 3.05) is 17.7 Å². The van der Waals surface area contributed by atoms with Crippen LogP contribution in [0.2, 0.25) is 0 Å². The van der Waals surface area contributed by atoms with E-state index in [1.54, 1.807) is 6.92 Å². The van der Waals surface area contributed by atoms with Crippen molar-refractivity contribution in [1.82, 2.24) is 4.98 Å². The standard InChI is InChI=1S/C24H29N3O3S2/c1-5-30-24(29)18-15-8-6-13(4)11-17(15)31-23(18)27-21(28)20-19(25)16-9-7-14(10-12(2)3)26-22(16)32-20/h7,9,12-13H,5-6,8,10-11,25H2,1-4H3,(H,27,28). The monoisotopic (exact) mass is 471 g/mol. The van der Waals surface area contributed by atoms with Crippen molar-refractivity contribution in [3.8, 4) is 0 Å². The van der Waals surface area contributed by atoms with Gasteiger partial charge in [0.25, 0.3) is 5.91 Å². The Morgan fingerprint density at radius 3 is 2.81 bits per heavy atom. The van der Waals surface area contributed by atoms with Gasteiger partial charge >= 0.3 is 5.97 Å². The van der Waals surface area contributed by atoms with Crippen LogP contribution in [-0.2, 0) is 24.0 Å². The molecule has 4 rings (SSSR count). The maximum Gasteiger partial charge on any atom is 0.341 e. The molecular formula is C24H29N3O3S2. The molecule has 6 nitrogen and oxygen atoms in total. The molecule has 0 radical (unpaired) electrons. The smallest absolute Gasteiger partial charge is 0.341 e. The van der Waals surface area contributed by atoms with Crippen molar-refractivity contribution >= 4 is 55.5 Å². The highest BCUT2D eigenvalue weighted by atomic mass is 32.1. The summed E-state index contributed by atoms with van der Waals surface area (Å²) >= 11 is 2.77. The number of anilines is 2. The number of carbonyl (C=O) groups excluding carboxylic acids is 2. The number of carbonyl (C=O) groups is 2. The van der Waals surface area contributed by atoms with Gasteiger partial charge in [-0.3, -0.25) is 4.79 Å². The first-order valence-electron chi connectivity index (χ1n) is 11.1. The average Bonchev–Trinajstić information content (AvgIpc) is 3.24. The molecule has 0 saturated carbocycles. The van der Waals surface area contributed by atoms with Gasteiger partial charge in [-0.2, -0.15) is 0 Å². The van der Waals surface area contributed by atoms with Gasteiger partial charge in [0.1, 0.15) is 14.7 Å². The van der Waals surface area contributed by atoms with Gasteiger partial charge in [-0.25, -0.2) is 9.78 Å². The normalized spacial score (nSPS) is 15.7. The molecule has 0 bridgehead atoms. The lowest BCUT2D eigenvalue weighted by atomic mass is 9.88. The number of aromatic nitrogens is 1. The molecule has 1 aliphatic rings. The number of pyridine rings is 1. The van der Waals surface area contributed by atoms with E-state index in [-0.39, 0.29) is 11.9 Å². The van der Waals surface area contributed by atoms with Crippen molar-refractivity contribution in [1.29, 1.82) is 0 Å². The number of nitrogen functional groups attached to an aromatic ring is 1. The highest BCUT2D eigenvalue weighted by Gasteiger charge is 2.30. The van der Waals surface area contributed by atoms with Crippen LogP contribution < -0.4 is 11.1 Å². The Morgan fingerprint density at radius 1 is 1.31 bits per heavy atom. The minimum Gasteiger partial charge on any atom is -0.462 e. The Balaban J connectivity index is 1.67. The predicted molar refractivity (Wildman–Crippen MR) is 132 cm³/mol. The lowest BCUT2D eigenvalue weighted by molar-refractivity contribution is 0.0526. The minimum absolute atomic E-state index is 0.293. The number of rotatable bonds is 6. The number of nitrogens with one attached hydrogen (secondary N) is 1. The number of thiophene rings is 2. The van der Waals surface area contributed by atoms with E-state index in [1.165, 1.54) is 22.7 Å². The summed E-state index contributed by atoms with van der Waals surface area (Å²) in [6.07, 6.45) is 3.63. The number of fused-ring (bicyclic) bond motifs is 2. The molecule has 0 aromatic carbocycles. The molecule has 3 N–H and O–H groups in total. The van der Waals surface area contributed by atoms with Gasteiger partial charge in [-0.1, -0.05) is 20.8 Å². The van der Waals surface area contributed by atoms with Crippen LogP contribution in [0, 0.1) is 11.8 Å². The maximum absolute atomic E-state index is 13.2. The van der Waals surface area contributed by atoms with E-state index in [4.69, 9.17) is 15.5 Å². The quantitative estimate of drug-likeness (QED) is 0.450. The molecule has 0 saturated heterocycles. The summed E-state index contributed by atoms with van der Waals surface area (Å²) in [5.74, 6) is 0.366. The Bertz CT molecular complexity index is 1180. The summed E-state index contributed by atoms with van der Waals surface area (Å²) < 4.78 is 5.31. The summed E-state index contributed by atoms with van der Waals surface area (Å²) in [6, 6.07) is 3.92. The van der Waals surface area contributed by atoms with Crippen molar-refractivity contribution < 1.29 is 14.3 Å². The fourth-order valence-electron chi connectivity index (χ4n) is 4.15. The number of hydrogen-bond donors (Lipinski definition) is 2. The van der Waals surface area contributed by atoms with Crippen LogP contribution in [-0.4, -0.2) is 23.5 Å². The molecule has 1 amide bonds. The van der Waals surface area contributed by atoms with E-state index >= 15 is 0 Å². The molecule has 1 unspecified atom stereocenters. The van der Waals surface area contributed by atoms with Crippen LogP contribution >= 0.6 is 22.7 Å². The highest BCUT2D eigenvalue weighted by molar-refractivity contribution is 7.21. The second kappa shape index (κ2) is 9.19. The van der Waals surface area contributed by atoms with Gasteiger partial charge in [-0.05, 0) is 62.1 Å². The van der Waals surface area contributed by atoms with Crippen LogP contribution in [0.5, 0.6) is 0 Å². The Kier molecular flexibility index (Phi) is 6.53. The van der Waals surface area contributed by atoms with E-state index in [1.807, 2.05) is 12.1 Å². The zero-order valence-corrected chi connectivity index (χ0v) is 20.5. The van der Waals surface area contributed by atoms with Gasteiger partial charge in [0, 0.05) is 16.0 Å². The van der Waals surface area contributed by atoms with Gasteiger partial charge in [0.05, 0.1) is 17.9 Å². The van der Waals surface area contributed by atoms with Gasteiger partial charge in [-0.15, -0.1) is 22.7 Å². The largest absolute Gasteiger partial charge is 0.462 e. The van der Waals surface area contributed by atoms with E-state index in [0.717, 1.165) is 52.0 Å². The summed E-state index contributed by atoms with van der Waals surface area (Å²) in [7, 11) is 0. The Morgan fingerprint density at radius 2 is 2.09 bits per heavy atom.